The van der Waals surface area contributed by atoms with E-state index in [1.54, 1.807) is 0 Å². The van der Waals surface area contributed by atoms with E-state index >= 15 is 0 Å². The van der Waals surface area contributed by atoms with Gasteiger partial charge in [-0.25, -0.2) is 0 Å². The van der Waals surface area contributed by atoms with Crippen molar-refractivity contribution in [2.45, 2.75) is 38.5 Å². The van der Waals surface area contributed by atoms with Gasteiger partial charge in [0.15, 0.2) is 0 Å². The molecule has 1 aromatic rings. The molecule has 0 saturated carbocycles. The van der Waals surface area contributed by atoms with E-state index in [4.69, 9.17) is 22.1 Å². The van der Waals surface area contributed by atoms with E-state index in [1.165, 1.54) is 0 Å². The Labute approximate surface area is 134 Å². The van der Waals surface area contributed by atoms with Crippen molar-refractivity contribution in [3.8, 4) is 0 Å². The second-order valence-corrected chi connectivity index (χ2v) is 6.90. The first-order chi connectivity index (χ1) is 9.45. The maximum Gasteiger partial charge on any atom is 0.0678 e. The number of hydrogen-bond acceptors (Lipinski definition) is 3. The van der Waals surface area contributed by atoms with Crippen LogP contribution in [-0.4, -0.2) is 36.7 Å². The molecule has 0 bridgehead atoms. The number of nitrogens with two attached hydrogens (primary N) is 1. The molecule has 5 heteroatoms. The lowest BCUT2D eigenvalue weighted by Gasteiger charge is -2.35. The van der Waals surface area contributed by atoms with Crippen molar-refractivity contribution in [3.05, 3.63) is 33.3 Å². The molecule has 2 rings (SSSR count). The van der Waals surface area contributed by atoms with Gasteiger partial charge in [-0.05, 0) is 38.0 Å². The highest BCUT2D eigenvalue weighted by Gasteiger charge is 2.22. The highest BCUT2D eigenvalue weighted by molar-refractivity contribution is 9.10. The summed E-state index contributed by atoms with van der Waals surface area (Å²) in [6.07, 6.45) is 1.50. The number of benzene rings is 1. The Morgan fingerprint density at radius 1 is 1.40 bits per heavy atom. The highest BCUT2D eigenvalue weighted by Crippen LogP contribution is 2.27. The Morgan fingerprint density at radius 3 is 2.65 bits per heavy atom. The Bertz CT molecular complexity index is 447. The average molecular weight is 362 g/mol. The molecular weight excluding hydrogens is 340 g/mol. The van der Waals surface area contributed by atoms with Crippen molar-refractivity contribution in [1.29, 1.82) is 0 Å². The molecule has 0 aliphatic carbocycles. The third kappa shape index (κ3) is 4.43. The predicted molar refractivity (Wildman–Crippen MR) is 87.1 cm³/mol. The van der Waals surface area contributed by atoms with Gasteiger partial charge in [0.1, 0.15) is 0 Å². The molecular formula is C15H22BrClN2O. The maximum absolute atomic E-state index is 6.27. The van der Waals surface area contributed by atoms with E-state index in [0.717, 1.165) is 41.1 Å². The van der Waals surface area contributed by atoms with Gasteiger partial charge in [-0.1, -0.05) is 33.6 Å². The zero-order valence-corrected chi connectivity index (χ0v) is 14.3. The van der Waals surface area contributed by atoms with Crippen LogP contribution in [0, 0.1) is 0 Å². The first kappa shape index (κ1) is 16.2. The van der Waals surface area contributed by atoms with Gasteiger partial charge >= 0.3 is 0 Å². The third-order valence-corrected chi connectivity index (χ3v) is 4.43. The zero-order valence-electron chi connectivity index (χ0n) is 12.0. The van der Waals surface area contributed by atoms with Gasteiger partial charge in [-0.15, -0.1) is 0 Å². The summed E-state index contributed by atoms with van der Waals surface area (Å²) in [7, 11) is 0. The van der Waals surface area contributed by atoms with Crippen molar-refractivity contribution in [1.82, 2.24) is 4.90 Å². The Morgan fingerprint density at radius 2 is 2.05 bits per heavy atom. The molecule has 2 N–H and O–H groups in total. The van der Waals surface area contributed by atoms with Gasteiger partial charge in [-0.2, -0.15) is 0 Å². The van der Waals surface area contributed by atoms with Crippen molar-refractivity contribution in [2.75, 3.05) is 19.6 Å². The van der Waals surface area contributed by atoms with Crippen LogP contribution in [0.2, 0.25) is 5.02 Å². The smallest absolute Gasteiger partial charge is 0.0678 e. The predicted octanol–water partition coefficient (Wildman–Crippen LogP) is 3.60. The van der Waals surface area contributed by atoms with Crippen LogP contribution in [0.25, 0.3) is 0 Å². The van der Waals surface area contributed by atoms with E-state index < -0.39 is 0 Å². The van der Waals surface area contributed by atoms with E-state index in [0.29, 0.717) is 12.2 Å². The summed E-state index contributed by atoms with van der Waals surface area (Å²) in [5, 5.41) is 0.732. The number of halogens is 2. The van der Waals surface area contributed by atoms with Crippen molar-refractivity contribution < 1.29 is 4.74 Å². The minimum absolute atomic E-state index is 0.0240. The normalized spacial score (nSPS) is 25.6. The largest absolute Gasteiger partial charge is 0.373 e. The Balaban J connectivity index is 1.90. The van der Waals surface area contributed by atoms with Crippen LogP contribution >= 0.6 is 27.5 Å². The van der Waals surface area contributed by atoms with Gasteiger partial charge in [0.2, 0.25) is 0 Å². The summed E-state index contributed by atoms with van der Waals surface area (Å²) in [6, 6.07) is 5.86. The quantitative estimate of drug-likeness (QED) is 0.890. The van der Waals surface area contributed by atoms with Crippen molar-refractivity contribution in [3.63, 3.8) is 0 Å². The minimum atomic E-state index is -0.0240. The molecule has 1 fully saturated rings. The molecule has 0 radical (unpaired) electrons. The summed E-state index contributed by atoms with van der Waals surface area (Å²) in [5.74, 6) is 0. The molecule has 1 aliphatic rings. The van der Waals surface area contributed by atoms with E-state index in [-0.39, 0.29) is 6.04 Å². The molecule has 3 atom stereocenters. The van der Waals surface area contributed by atoms with Crippen molar-refractivity contribution >= 4 is 27.5 Å². The molecule has 1 saturated heterocycles. The van der Waals surface area contributed by atoms with Gasteiger partial charge in [0, 0.05) is 35.2 Å². The van der Waals surface area contributed by atoms with Gasteiger partial charge in [0.05, 0.1) is 12.2 Å². The molecule has 0 spiro atoms. The summed E-state index contributed by atoms with van der Waals surface area (Å²) in [6.45, 7) is 7.17. The Kier molecular flexibility index (Phi) is 5.87. The number of rotatable bonds is 4. The van der Waals surface area contributed by atoms with E-state index in [1.807, 2.05) is 18.2 Å². The minimum Gasteiger partial charge on any atom is -0.373 e. The SMILES string of the molecule is C[C@@H]1CN(CCC(N)c2ccc(Br)cc2Cl)C[C@H](C)O1. The fourth-order valence-corrected chi connectivity index (χ4v) is 3.56. The first-order valence-corrected chi connectivity index (χ1v) is 8.21. The van der Waals surface area contributed by atoms with Crippen LogP contribution in [0.1, 0.15) is 31.9 Å². The van der Waals surface area contributed by atoms with Crippen LogP contribution in [0.4, 0.5) is 0 Å². The average Bonchev–Trinajstić information content (AvgIpc) is 2.35. The number of hydrogen-bond donors (Lipinski definition) is 1. The second kappa shape index (κ2) is 7.23. The second-order valence-electron chi connectivity index (χ2n) is 5.58. The van der Waals surface area contributed by atoms with Crippen molar-refractivity contribution in [2.24, 2.45) is 5.73 Å². The lowest BCUT2D eigenvalue weighted by molar-refractivity contribution is -0.0684. The molecule has 1 unspecified atom stereocenters. The molecule has 0 amide bonds. The van der Waals surface area contributed by atoms with Gasteiger partial charge in [0.25, 0.3) is 0 Å². The van der Waals surface area contributed by atoms with Crippen LogP contribution in [0.3, 0.4) is 0 Å². The molecule has 1 aromatic carbocycles. The number of morpholine rings is 1. The van der Waals surface area contributed by atoms with Crippen LogP contribution in [-0.2, 0) is 4.74 Å². The Hall–Kier alpha value is -0.130. The molecule has 3 nitrogen and oxygen atoms in total. The number of ether oxygens (including phenoxy) is 1. The first-order valence-electron chi connectivity index (χ1n) is 7.04. The lowest BCUT2D eigenvalue weighted by atomic mass is 10.0. The fourth-order valence-electron chi connectivity index (χ4n) is 2.75. The zero-order chi connectivity index (χ0) is 14.7. The summed E-state index contributed by atoms with van der Waals surface area (Å²) >= 11 is 9.66. The summed E-state index contributed by atoms with van der Waals surface area (Å²) < 4.78 is 6.72. The molecule has 0 aromatic heterocycles. The monoisotopic (exact) mass is 360 g/mol. The van der Waals surface area contributed by atoms with Crippen LogP contribution in [0.5, 0.6) is 0 Å². The number of nitrogens with zero attached hydrogens (tertiary/aromatic N) is 1. The van der Waals surface area contributed by atoms with Crippen LogP contribution in [0.15, 0.2) is 22.7 Å². The molecule has 1 aliphatic heterocycles. The molecule has 20 heavy (non-hydrogen) atoms. The molecule has 1 heterocycles. The highest BCUT2D eigenvalue weighted by atomic mass is 79.9. The molecule has 112 valence electrons. The maximum atomic E-state index is 6.27. The van der Waals surface area contributed by atoms with E-state index in [9.17, 15) is 0 Å². The van der Waals surface area contributed by atoms with Gasteiger partial charge in [-0.3, -0.25) is 4.90 Å². The lowest BCUT2D eigenvalue weighted by Crippen LogP contribution is -2.46. The topological polar surface area (TPSA) is 38.5 Å². The summed E-state index contributed by atoms with van der Waals surface area (Å²) in [5.41, 5.74) is 7.29. The van der Waals surface area contributed by atoms with Crippen LogP contribution < -0.4 is 5.73 Å². The summed E-state index contributed by atoms with van der Waals surface area (Å²) in [4.78, 5) is 2.42. The van der Waals surface area contributed by atoms with Gasteiger partial charge < -0.3 is 10.5 Å². The fraction of sp³-hybridized carbons (Fsp3) is 0.600. The van der Waals surface area contributed by atoms with E-state index in [2.05, 4.69) is 34.7 Å². The third-order valence-electron chi connectivity index (χ3n) is 3.61. The standard InChI is InChI=1S/C15H22BrClN2O/c1-10-8-19(9-11(2)20-10)6-5-15(18)13-4-3-12(16)7-14(13)17/h3-4,7,10-11,15H,5-6,8-9,18H2,1-2H3/t10-,11+,15?.